The van der Waals surface area contributed by atoms with Gasteiger partial charge in [-0.15, -0.1) is 28.6 Å². The standard InChI is InChI=1S/C41H47N5O3S2/c1-5-6-31-9-12-37(50-31)38-13-14-39(51-38)40(49)33-11-10-32(34-19-27-8-7-25(23-43-3)15-28(27)20-35(33)34)36(46-41(42)44-4)18-26-16-29(21-30(48)17-26)45-22-24(2)47/h7-9,12-17,19-21,24,32-36,43,45,47-48H,10-11,18,22-23H2,1-4H3,(H3,42,44,46)/t24-,32+,33-,34+,35-,36-/m0/s1. The summed E-state index contributed by atoms with van der Waals surface area (Å²) < 4.78 is 0. The van der Waals surface area contributed by atoms with Gasteiger partial charge in [0.15, 0.2) is 11.7 Å². The first-order chi connectivity index (χ1) is 24.6. The minimum Gasteiger partial charge on any atom is -0.508 e. The summed E-state index contributed by atoms with van der Waals surface area (Å²) in [4.78, 5) is 22.8. The van der Waals surface area contributed by atoms with E-state index in [0.717, 1.165) is 50.1 Å². The molecular weight excluding hydrogens is 675 g/mol. The summed E-state index contributed by atoms with van der Waals surface area (Å²) in [7, 11) is 3.62. The summed E-state index contributed by atoms with van der Waals surface area (Å²) >= 11 is 3.23. The SMILES string of the molecule is CC#Cc1ccc(-c2ccc(C(=O)[C@H]3CC[C@@H]([C@H](Cc4cc(O)cc(NC[C@H](C)O)c4)NC(N)=NC)[C@H]4C=c5ccc(CNC)cc5=C[C@H]43)s2)s1. The number of Topliss-reactive ketones (excluding diaryl/α,β-unsaturated/α-hetero) is 1. The van der Waals surface area contributed by atoms with Crippen LogP contribution in [-0.2, 0) is 13.0 Å². The molecule has 0 aliphatic heterocycles. The van der Waals surface area contributed by atoms with Crippen LogP contribution in [0.1, 0.15) is 52.4 Å². The average molecular weight is 722 g/mol. The first-order valence-corrected chi connectivity index (χ1v) is 19.2. The van der Waals surface area contributed by atoms with Gasteiger partial charge < -0.3 is 31.9 Å². The molecule has 8 nitrogen and oxygen atoms in total. The van der Waals surface area contributed by atoms with Crippen LogP contribution in [0.4, 0.5) is 5.69 Å². The first-order valence-electron chi connectivity index (χ1n) is 17.5. The minimum atomic E-state index is -0.527. The number of phenolic OH excluding ortho intramolecular Hbond substituents is 1. The van der Waals surface area contributed by atoms with Gasteiger partial charge in [0.25, 0.3) is 0 Å². The first kappa shape index (κ1) is 36.4. The fraction of sp³-hybridized carbons (Fsp3) is 0.366. The molecule has 0 radical (unpaired) electrons. The van der Waals surface area contributed by atoms with Crippen molar-refractivity contribution in [1.29, 1.82) is 0 Å². The van der Waals surface area contributed by atoms with Gasteiger partial charge in [0, 0.05) is 53.6 Å². The third kappa shape index (κ3) is 8.57. The van der Waals surface area contributed by atoms with E-state index in [1.165, 1.54) is 16.0 Å². The maximum Gasteiger partial charge on any atom is 0.188 e. The zero-order valence-corrected chi connectivity index (χ0v) is 31.2. The van der Waals surface area contributed by atoms with Crippen molar-refractivity contribution in [2.24, 2.45) is 34.4 Å². The molecule has 1 saturated carbocycles. The van der Waals surface area contributed by atoms with Crippen LogP contribution in [-0.4, -0.2) is 54.7 Å². The lowest BCUT2D eigenvalue weighted by molar-refractivity contribution is 0.0768. The van der Waals surface area contributed by atoms with Crippen molar-refractivity contribution in [1.82, 2.24) is 10.6 Å². The van der Waals surface area contributed by atoms with Crippen LogP contribution in [0.25, 0.3) is 21.9 Å². The molecule has 10 heteroatoms. The van der Waals surface area contributed by atoms with Gasteiger partial charge in [0.05, 0.1) is 15.9 Å². The van der Waals surface area contributed by atoms with E-state index >= 15 is 0 Å². The highest BCUT2D eigenvalue weighted by Crippen LogP contribution is 2.46. The zero-order valence-electron chi connectivity index (χ0n) is 29.6. The highest BCUT2D eigenvalue weighted by molar-refractivity contribution is 7.23. The quantitative estimate of drug-likeness (QED) is 0.0530. The molecule has 6 atom stereocenters. The molecule has 266 valence electrons. The van der Waals surface area contributed by atoms with Crippen molar-refractivity contribution in [2.75, 3.05) is 26.0 Å². The molecule has 0 bridgehead atoms. The Morgan fingerprint density at radius 3 is 2.55 bits per heavy atom. The molecule has 2 aromatic heterocycles. The van der Waals surface area contributed by atoms with Gasteiger partial charge in [-0.05, 0) is 116 Å². The number of nitrogens with zero attached hydrogens (tertiary/aromatic N) is 1. The van der Waals surface area contributed by atoms with Gasteiger partial charge in [-0.3, -0.25) is 9.79 Å². The summed E-state index contributed by atoms with van der Waals surface area (Å²) in [6.07, 6.45) is 6.34. The molecular formula is C41H47N5O3S2. The maximum absolute atomic E-state index is 14.5. The second-order valence-electron chi connectivity index (χ2n) is 13.6. The number of phenols is 1. The normalized spacial score (nSPS) is 20.8. The lowest BCUT2D eigenvalue weighted by atomic mass is 9.61. The molecule has 2 aliphatic rings. The van der Waals surface area contributed by atoms with Crippen molar-refractivity contribution in [2.45, 2.75) is 51.8 Å². The van der Waals surface area contributed by atoms with Crippen LogP contribution in [0.5, 0.6) is 5.75 Å². The number of carbonyl (C=O) groups excluding carboxylic acids is 1. The number of nitrogens with one attached hydrogen (secondary N) is 3. The topological polar surface area (TPSA) is 132 Å². The number of anilines is 1. The molecule has 6 rings (SSSR count). The monoisotopic (exact) mass is 721 g/mol. The number of fused-ring (bicyclic) bond motifs is 2. The Kier molecular flexibility index (Phi) is 11.6. The van der Waals surface area contributed by atoms with E-state index in [1.807, 2.05) is 32.2 Å². The van der Waals surface area contributed by atoms with Crippen molar-refractivity contribution in [3.63, 3.8) is 0 Å². The lowest BCUT2D eigenvalue weighted by Crippen LogP contribution is -2.52. The van der Waals surface area contributed by atoms with Crippen LogP contribution >= 0.6 is 22.7 Å². The van der Waals surface area contributed by atoms with Gasteiger partial charge in [0.2, 0.25) is 0 Å². The zero-order chi connectivity index (χ0) is 36.1. The molecule has 1 fully saturated rings. The molecule has 0 spiro atoms. The number of hydrogen-bond acceptors (Lipinski definition) is 8. The Hall–Kier alpha value is -4.40. The van der Waals surface area contributed by atoms with E-state index in [1.54, 1.807) is 48.8 Å². The third-order valence-electron chi connectivity index (χ3n) is 9.90. The van der Waals surface area contributed by atoms with Gasteiger partial charge >= 0.3 is 0 Å². The van der Waals surface area contributed by atoms with Gasteiger partial charge in [0.1, 0.15) is 5.75 Å². The molecule has 0 unspecified atom stereocenters. The van der Waals surface area contributed by atoms with E-state index < -0.39 is 6.10 Å². The smallest absolute Gasteiger partial charge is 0.188 e. The molecule has 0 saturated heterocycles. The predicted octanol–water partition coefficient (Wildman–Crippen LogP) is 4.93. The number of guanidine groups is 1. The number of rotatable bonds is 12. The second-order valence-corrected chi connectivity index (χ2v) is 15.7. The number of benzene rings is 2. The van der Waals surface area contributed by atoms with Crippen molar-refractivity contribution in [3.05, 3.63) is 92.0 Å². The van der Waals surface area contributed by atoms with Crippen LogP contribution < -0.4 is 32.1 Å². The number of ketones is 1. The van der Waals surface area contributed by atoms with E-state index in [2.05, 4.69) is 75.3 Å². The maximum atomic E-state index is 14.5. The molecule has 51 heavy (non-hydrogen) atoms. The molecule has 2 aromatic carbocycles. The number of aliphatic imine (C=N–C) groups is 1. The van der Waals surface area contributed by atoms with E-state index in [4.69, 9.17) is 5.73 Å². The summed E-state index contributed by atoms with van der Waals surface area (Å²) in [5, 5.41) is 32.8. The number of nitrogens with two attached hydrogens (primary N) is 1. The van der Waals surface area contributed by atoms with Crippen LogP contribution in [0.2, 0.25) is 0 Å². The summed E-state index contributed by atoms with van der Waals surface area (Å²) in [6.45, 7) is 4.70. The Balaban J connectivity index is 1.35. The average Bonchev–Trinajstić information content (AvgIpc) is 3.79. The van der Waals surface area contributed by atoms with Crippen molar-refractivity contribution in [3.8, 4) is 27.3 Å². The minimum absolute atomic E-state index is 0.0103. The van der Waals surface area contributed by atoms with Gasteiger partial charge in [-0.25, -0.2) is 0 Å². The van der Waals surface area contributed by atoms with Gasteiger partial charge in [-0.1, -0.05) is 36.3 Å². The molecule has 2 aliphatic carbocycles. The Morgan fingerprint density at radius 1 is 1.00 bits per heavy atom. The summed E-state index contributed by atoms with van der Waals surface area (Å²) in [5.74, 6) is 6.82. The number of aromatic hydroxyl groups is 1. The summed E-state index contributed by atoms with van der Waals surface area (Å²) in [5.41, 5.74) is 9.23. The van der Waals surface area contributed by atoms with Crippen LogP contribution in [0.3, 0.4) is 0 Å². The van der Waals surface area contributed by atoms with E-state index in [-0.39, 0.29) is 41.2 Å². The largest absolute Gasteiger partial charge is 0.508 e. The number of carbonyl (C=O) groups is 1. The van der Waals surface area contributed by atoms with Crippen molar-refractivity contribution >= 4 is 52.3 Å². The number of aliphatic hydroxyl groups is 1. The number of thiophene rings is 2. The second kappa shape index (κ2) is 16.3. The molecule has 4 aromatic rings. The van der Waals surface area contributed by atoms with Crippen molar-refractivity contribution < 1.29 is 15.0 Å². The molecule has 0 amide bonds. The highest BCUT2D eigenvalue weighted by atomic mass is 32.1. The highest BCUT2D eigenvalue weighted by Gasteiger charge is 2.44. The number of aliphatic hydroxyl groups excluding tert-OH is 1. The number of hydrogen-bond donors (Lipinski definition) is 6. The predicted molar refractivity (Wildman–Crippen MR) is 212 cm³/mol. The Bertz CT molecular complexity index is 2090. The van der Waals surface area contributed by atoms with Crippen LogP contribution in [0, 0.1) is 35.5 Å². The lowest BCUT2D eigenvalue weighted by Gasteiger charge is -2.45. The fourth-order valence-electron chi connectivity index (χ4n) is 7.62. The summed E-state index contributed by atoms with van der Waals surface area (Å²) in [6, 6.07) is 20.1. The Labute approximate surface area is 308 Å². The van der Waals surface area contributed by atoms with E-state index in [9.17, 15) is 15.0 Å². The van der Waals surface area contributed by atoms with Crippen LogP contribution in [0.15, 0.2) is 65.7 Å². The third-order valence-corrected chi connectivity index (χ3v) is 12.2. The molecule has 2 heterocycles. The molecule has 7 N–H and O–H groups in total. The Morgan fingerprint density at radius 2 is 1.78 bits per heavy atom. The fourth-order valence-corrected chi connectivity index (χ4v) is 9.63. The van der Waals surface area contributed by atoms with E-state index in [0.29, 0.717) is 18.9 Å². The van der Waals surface area contributed by atoms with Gasteiger partial charge in [-0.2, -0.15) is 0 Å².